The van der Waals surface area contributed by atoms with E-state index in [4.69, 9.17) is 5.73 Å². The molecule has 0 unspecified atom stereocenters. The molecule has 1 heterocycles. The maximum atomic E-state index is 5.63. The lowest BCUT2D eigenvalue weighted by molar-refractivity contribution is 0.768. The molecule has 1 aromatic heterocycles. The molecule has 5 nitrogen and oxygen atoms in total. The number of benzene rings is 1. The third kappa shape index (κ3) is 3.95. The number of nitrogens with zero attached hydrogens (tertiary/aromatic N) is 3. The predicted molar refractivity (Wildman–Crippen MR) is 88.4 cm³/mol. The molecule has 0 amide bonds. The molecule has 0 saturated carbocycles. The average molecular weight is 371 g/mol. The first kappa shape index (κ1) is 15.5. The van der Waals surface area contributed by atoms with Crippen molar-refractivity contribution in [2.75, 3.05) is 7.05 Å². The van der Waals surface area contributed by atoms with Gasteiger partial charge in [-0.05, 0) is 0 Å². The van der Waals surface area contributed by atoms with Crippen LogP contribution in [0.1, 0.15) is 5.56 Å². The fourth-order valence-corrected chi connectivity index (χ4v) is 1.77. The molecule has 19 heavy (non-hydrogen) atoms. The maximum absolute atomic E-state index is 5.63. The van der Waals surface area contributed by atoms with Crippen LogP contribution in [-0.2, 0) is 13.6 Å². The van der Waals surface area contributed by atoms with Crippen LogP contribution in [0.3, 0.4) is 0 Å². The molecule has 0 aliphatic carbocycles. The summed E-state index contributed by atoms with van der Waals surface area (Å²) in [6.07, 6.45) is 1.98. The molecule has 0 bridgehead atoms. The van der Waals surface area contributed by atoms with Gasteiger partial charge in [0, 0.05) is 38.0 Å². The zero-order valence-corrected chi connectivity index (χ0v) is 13.3. The average Bonchev–Trinajstić information content (AvgIpc) is 2.78. The minimum Gasteiger partial charge on any atom is -0.370 e. The molecule has 102 valence electrons. The first-order valence-electron chi connectivity index (χ1n) is 5.74. The van der Waals surface area contributed by atoms with Crippen LogP contribution >= 0.6 is 24.0 Å². The van der Waals surface area contributed by atoms with Crippen LogP contribution in [0, 0.1) is 0 Å². The third-order valence-corrected chi connectivity index (χ3v) is 2.65. The van der Waals surface area contributed by atoms with Gasteiger partial charge in [-0.15, -0.1) is 24.0 Å². The summed E-state index contributed by atoms with van der Waals surface area (Å²) in [4.78, 5) is 3.87. The van der Waals surface area contributed by atoms with Crippen molar-refractivity contribution in [3.63, 3.8) is 0 Å². The summed E-state index contributed by atoms with van der Waals surface area (Å²) in [7, 11) is 3.57. The molecule has 2 aromatic rings. The molecule has 1 aromatic carbocycles. The van der Waals surface area contributed by atoms with E-state index in [1.165, 1.54) is 0 Å². The van der Waals surface area contributed by atoms with Gasteiger partial charge in [-0.2, -0.15) is 5.10 Å². The Morgan fingerprint density at radius 2 is 2.05 bits per heavy atom. The van der Waals surface area contributed by atoms with Crippen molar-refractivity contribution in [3.8, 4) is 11.3 Å². The molecular weight excluding hydrogens is 353 g/mol. The number of halogens is 1. The first-order valence-corrected chi connectivity index (χ1v) is 5.74. The second-order valence-corrected chi connectivity index (χ2v) is 4.01. The Bertz CT molecular complexity index is 547. The first-order chi connectivity index (χ1) is 8.70. The van der Waals surface area contributed by atoms with Crippen LogP contribution in [-0.4, -0.2) is 22.8 Å². The normalized spacial score (nSPS) is 10.9. The smallest absolute Gasteiger partial charge is 0.188 e. The number of guanidine groups is 1. The molecule has 0 aliphatic heterocycles. The van der Waals surface area contributed by atoms with Gasteiger partial charge in [-0.1, -0.05) is 30.3 Å². The van der Waals surface area contributed by atoms with Crippen LogP contribution in [0.25, 0.3) is 11.3 Å². The van der Waals surface area contributed by atoms with Gasteiger partial charge in [0.2, 0.25) is 0 Å². The van der Waals surface area contributed by atoms with Gasteiger partial charge >= 0.3 is 0 Å². The molecule has 0 radical (unpaired) electrons. The maximum Gasteiger partial charge on any atom is 0.188 e. The Morgan fingerprint density at radius 1 is 1.37 bits per heavy atom. The largest absolute Gasteiger partial charge is 0.370 e. The molecule has 0 fully saturated rings. The highest BCUT2D eigenvalue weighted by Gasteiger charge is 2.09. The van der Waals surface area contributed by atoms with E-state index in [2.05, 4.69) is 15.4 Å². The number of nitrogens with two attached hydrogens (primary N) is 1. The van der Waals surface area contributed by atoms with Gasteiger partial charge in [-0.3, -0.25) is 9.67 Å². The summed E-state index contributed by atoms with van der Waals surface area (Å²) >= 11 is 0. The lowest BCUT2D eigenvalue weighted by atomic mass is 10.1. The fraction of sp³-hybridized carbons (Fsp3) is 0.231. The second-order valence-electron chi connectivity index (χ2n) is 4.01. The zero-order chi connectivity index (χ0) is 13.0. The number of aryl methyl sites for hydroxylation is 1. The lowest BCUT2D eigenvalue weighted by Crippen LogP contribution is -2.30. The summed E-state index contributed by atoms with van der Waals surface area (Å²) < 4.78 is 1.80. The van der Waals surface area contributed by atoms with Gasteiger partial charge in [0.1, 0.15) is 0 Å². The summed E-state index contributed by atoms with van der Waals surface area (Å²) in [6.45, 7) is 0.612. The quantitative estimate of drug-likeness (QED) is 0.491. The predicted octanol–water partition coefficient (Wildman–Crippen LogP) is 1.74. The number of hydrogen-bond acceptors (Lipinski definition) is 2. The van der Waals surface area contributed by atoms with Gasteiger partial charge in [0.15, 0.2) is 5.96 Å². The highest BCUT2D eigenvalue weighted by Crippen LogP contribution is 2.21. The van der Waals surface area contributed by atoms with E-state index in [9.17, 15) is 0 Å². The summed E-state index contributed by atoms with van der Waals surface area (Å²) in [5, 5.41) is 7.53. The molecule has 0 atom stereocenters. The van der Waals surface area contributed by atoms with Crippen molar-refractivity contribution in [2.24, 2.45) is 17.8 Å². The van der Waals surface area contributed by atoms with Crippen molar-refractivity contribution in [1.82, 2.24) is 15.1 Å². The highest BCUT2D eigenvalue weighted by atomic mass is 127. The van der Waals surface area contributed by atoms with Crippen molar-refractivity contribution in [2.45, 2.75) is 6.54 Å². The molecule has 0 saturated heterocycles. The van der Waals surface area contributed by atoms with Gasteiger partial charge in [-0.25, -0.2) is 0 Å². The van der Waals surface area contributed by atoms with Crippen molar-refractivity contribution in [1.29, 1.82) is 0 Å². The van der Waals surface area contributed by atoms with E-state index >= 15 is 0 Å². The molecular formula is C13H18IN5. The van der Waals surface area contributed by atoms with Crippen LogP contribution in [0.5, 0.6) is 0 Å². The van der Waals surface area contributed by atoms with Crippen LogP contribution in [0.2, 0.25) is 0 Å². The van der Waals surface area contributed by atoms with Crippen LogP contribution < -0.4 is 11.1 Å². The number of hydrogen-bond donors (Lipinski definition) is 2. The Morgan fingerprint density at radius 3 is 2.68 bits per heavy atom. The minimum absolute atomic E-state index is 0. The highest BCUT2D eigenvalue weighted by molar-refractivity contribution is 14.0. The van der Waals surface area contributed by atoms with Gasteiger partial charge in [0.25, 0.3) is 0 Å². The van der Waals surface area contributed by atoms with Crippen LogP contribution in [0.4, 0.5) is 0 Å². The number of rotatable bonds is 3. The molecule has 0 spiro atoms. The Labute approximate surface area is 129 Å². The summed E-state index contributed by atoms with van der Waals surface area (Å²) in [5.74, 6) is 0.429. The van der Waals surface area contributed by atoms with Gasteiger partial charge < -0.3 is 11.1 Å². The number of aliphatic imine (C=N–C) groups is 1. The van der Waals surface area contributed by atoms with Crippen molar-refractivity contribution >= 4 is 29.9 Å². The van der Waals surface area contributed by atoms with Crippen molar-refractivity contribution in [3.05, 3.63) is 42.1 Å². The lowest BCUT2D eigenvalue weighted by Gasteiger charge is -2.05. The molecule has 0 aliphatic rings. The SMILES string of the molecule is CN=C(N)NCc1cn(C)nc1-c1ccccc1.I. The van der Waals surface area contributed by atoms with E-state index in [0.717, 1.165) is 16.8 Å². The number of nitrogens with one attached hydrogen (secondary N) is 1. The fourth-order valence-electron chi connectivity index (χ4n) is 1.77. The number of aromatic nitrogens is 2. The van der Waals surface area contributed by atoms with Crippen LogP contribution in [0.15, 0.2) is 41.5 Å². The van der Waals surface area contributed by atoms with E-state index in [1.54, 1.807) is 11.7 Å². The Balaban J connectivity index is 0.00000180. The molecule has 3 N–H and O–H groups in total. The Hall–Kier alpha value is -1.57. The van der Waals surface area contributed by atoms with Gasteiger partial charge in [0.05, 0.1) is 5.69 Å². The Kier molecular flexibility index (Phi) is 5.81. The third-order valence-electron chi connectivity index (χ3n) is 2.65. The van der Waals surface area contributed by atoms with E-state index in [1.807, 2.05) is 43.6 Å². The monoisotopic (exact) mass is 371 g/mol. The van der Waals surface area contributed by atoms with E-state index < -0.39 is 0 Å². The summed E-state index contributed by atoms with van der Waals surface area (Å²) in [5.41, 5.74) is 8.79. The van der Waals surface area contributed by atoms with E-state index in [-0.39, 0.29) is 24.0 Å². The van der Waals surface area contributed by atoms with E-state index in [0.29, 0.717) is 12.5 Å². The zero-order valence-electron chi connectivity index (χ0n) is 11.0. The second kappa shape index (κ2) is 7.13. The summed E-state index contributed by atoms with van der Waals surface area (Å²) in [6, 6.07) is 10.1. The van der Waals surface area contributed by atoms with Crippen molar-refractivity contribution < 1.29 is 0 Å². The molecule has 6 heteroatoms. The minimum atomic E-state index is 0. The molecule has 2 rings (SSSR count). The topological polar surface area (TPSA) is 68.2 Å². The standard InChI is InChI=1S/C13H17N5.HI/c1-15-13(14)16-8-11-9-18(2)17-12(11)10-6-4-3-5-7-10;/h3-7,9H,8H2,1-2H3,(H3,14,15,16);1H.